The van der Waals surface area contributed by atoms with Gasteiger partial charge in [-0.15, -0.1) is 0 Å². The highest BCUT2D eigenvalue weighted by atomic mass is 16.1. The maximum Gasteiger partial charge on any atom is 0.220 e. The minimum atomic E-state index is 0.185. The van der Waals surface area contributed by atoms with Crippen LogP contribution in [0.15, 0.2) is 30.5 Å². The molecule has 2 N–H and O–H groups in total. The lowest BCUT2D eigenvalue weighted by Gasteiger charge is -2.35. The van der Waals surface area contributed by atoms with Gasteiger partial charge in [-0.1, -0.05) is 31.5 Å². The third kappa shape index (κ3) is 4.85. The van der Waals surface area contributed by atoms with Crippen molar-refractivity contribution in [3.8, 4) is 0 Å². The fraction of sp³-hybridized carbons (Fsp3) is 0.571. The van der Waals surface area contributed by atoms with Crippen LogP contribution in [0.4, 0.5) is 0 Å². The molecule has 2 heterocycles. The average Bonchev–Trinajstić information content (AvgIpc) is 3.05. The normalized spacial score (nSPS) is 18.5. The van der Waals surface area contributed by atoms with Gasteiger partial charge in [-0.2, -0.15) is 0 Å². The van der Waals surface area contributed by atoms with Crippen molar-refractivity contribution in [2.24, 2.45) is 0 Å². The Bertz CT molecular complexity index is 679. The first-order valence-electron chi connectivity index (χ1n) is 9.83. The van der Waals surface area contributed by atoms with Gasteiger partial charge in [-0.25, -0.2) is 0 Å². The van der Waals surface area contributed by atoms with Crippen molar-refractivity contribution in [1.29, 1.82) is 0 Å². The van der Waals surface area contributed by atoms with E-state index in [0.717, 1.165) is 25.9 Å². The van der Waals surface area contributed by atoms with Gasteiger partial charge in [0.1, 0.15) is 0 Å². The van der Waals surface area contributed by atoms with E-state index in [1.54, 1.807) is 0 Å². The Morgan fingerprint density at radius 2 is 2.20 bits per heavy atom. The molecule has 0 radical (unpaired) electrons. The molecule has 0 saturated carbocycles. The molecule has 25 heavy (non-hydrogen) atoms. The van der Waals surface area contributed by atoms with Crippen molar-refractivity contribution in [1.82, 2.24) is 15.2 Å². The highest BCUT2D eigenvalue weighted by Crippen LogP contribution is 2.20. The maximum absolute atomic E-state index is 12.1. The SMILES string of the molecule is CCC1CCCCN1CCNC(=O)CCCc1c[nH]c2ccccc12. The van der Waals surface area contributed by atoms with Gasteiger partial charge in [0.05, 0.1) is 0 Å². The number of carbonyl (C=O) groups excluding carboxylic acids is 1. The summed E-state index contributed by atoms with van der Waals surface area (Å²) in [6.45, 7) is 5.23. The van der Waals surface area contributed by atoms with E-state index in [1.807, 2.05) is 6.07 Å². The zero-order valence-corrected chi connectivity index (χ0v) is 15.4. The van der Waals surface area contributed by atoms with Crippen LogP contribution in [0.25, 0.3) is 10.9 Å². The molecule has 0 aliphatic carbocycles. The lowest BCUT2D eigenvalue weighted by molar-refractivity contribution is -0.121. The second-order valence-electron chi connectivity index (χ2n) is 7.16. The minimum absolute atomic E-state index is 0.185. The van der Waals surface area contributed by atoms with Crippen LogP contribution in [0.5, 0.6) is 0 Å². The van der Waals surface area contributed by atoms with Gasteiger partial charge in [-0.3, -0.25) is 9.69 Å². The summed E-state index contributed by atoms with van der Waals surface area (Å²) < 4.78 is 0. The van der Waals surface area contributed by atoms with E-state index in [-0.39, 0.29) is 5.91 Å². The number of benzene rings is 1. The smallest absolute Gasteiger partial charge is 0.220 e. The predicted molar refractivity (Wildman–Crippen MR) is 104 cm³/mol. The molecular weight excluding hydrogens is 310 g/mol. The molecule has 0 bridgehead atoms. The summed E-state index contributed by atoms with van der Waals surface area (Å²) in [5.41, 5.74) is 2.48. The van der Waals surface area contributed by atoms with E-state index in [2.05, 4.69) is 46.5 Å². The topological polar surface area (TPSA) is 48.1 Å². The first kappa shape index (κ1) is 18.0. The van der Waals surface area contributed by atoms with Crippen LogP contribution in [0, 0.1) is 0 Å². The number of nitrogens with zero attached hydrogens (tertiary/aromatic N) is 1. The van der Waals surface area contributed by atoms with Crippen LogP contribution in [0.1, 0.15) is 51.0 Å². The highest BCUT2D eigenvalue weighted by Gasteiger charge is 2.20. The van der Waals surface area contributed by atoms with Crippen molar-refractivity contribution in [2.45, 2.75) is 57.9 Å². The summed E-state index contributed by atoms with van der Waals surface area (Å²) in [6.07, 6.45) is 9.72. The first-order chi connectivity index (χ1) is 12.3. The summed E-state index contributed by atoms with van der Waals surface area (Å²) in [4.78, 5) is 17.9. The number of carbonyl (C=O) groups is 1. The van der Waals surface area contributed by atoms with E-state index in [1.165, 1.54) is 48.7 Å². The van der Waals surface area contributed by atoms with Gasteiger partial charge in [0.15, 0.2) is 0 Å². The highest BCUT2D eigenvalue weighted by molar-refractivity contribution is 5.83. The number of para-hydroxylation sites is 1. The fourth-order valence-electron chi connectivity index (χ4n) is 4.02. The van der Waals surface area contributed by atoms with E-state index in [4.69, 9.17) is 0 Å². The zero-order chi connectivity index (χ0) is 17.5. The molecule has 1 atom stereocenters. The molecule has 1 unspecified atom stereocenters. The molecule has 4 nitrogen and oxygen atoms in total. The number of aryl methyl sites for hydroxylation is 1. The van der Waals surface area contributed by atoms with Gasteiger partial charge in [-0.05, 0) is 50.3 Å². The van der Waals surface area contributed by atoms with Gasteiger partial charge >= 0.3 is 0 Å². The van der Waals surface area contributed by atoms with Crippen LogP contribution in [-0.2, 0) is 11.2 Å². The van der Waals surface area contributed by atoms with E-state index < -0.39 is 0 Å². The largest absolute Gasteiger partial charge is 0.361 e. The number of piperidine rings is 1. The average molecular weight is 341 g/mol. The van der Waals surface area contributed by atoms with E-state index >= 15 is 0 Å². The number of likely N-dealkylation sites (tertiary alicyclic amines) is 1. The van der Waals surface area contributed by atoms with Gasteiger partial charge in [0, 0.05) is 42.7 Å². The van der Waals surface area contributed by atoms with Crippen molar-refractivity contribution in [3.63, 3.8) is 0 Å². The van der Waals surface area contributed by atoms with Crippen LogP contribution in [-0.4, -0.2) is 41.5 Å². The van der Waals surface area contributed by atoms with Gasteiger partial charge in [0.2, 0.25) is 5.91 Å². The lowest BCUT2D eigenvalue weighted by atomic mass is 10.0. The number of fused-ring (bicyclic) bond motifs is 1. The van der Waals surface area contributed by atoms with Crippen LogP contribution >= 0.6 is 0 Å². The Labute approximate surface area is 151 Å². The van der Waals surface area contributed by atoms with Crippen LogP contribution < -0.4 is 5.32 Å². The Balaban J connectivity index is 1.35. The number of aromatic amines is 1. The maximum atomic E-state index is 12.1. The standard InChI is InChI=1S/C21H31N3O/c1-2-18-9-5-6-14-24(18)15-13-22-21(25)12-7-8-17-16-23-20-11-4-3-10-19(17)20/h3-4,10-11,16,18,23H,2,5-9,12-15H2,1H3,(H,22,25). The molecular formula is C21H31N3O. The Morgan fingerprint density at radius 1 is 1.32 bits per heavy atom. The quantitative estimate of drug-likeness (QED) is 0.766. The number of aromatic nitrogens is 1. The van der Waals surface area contributed by atoms with Crippen LogP contribution in [0.2, 0.25) is 0 Å². The van der Waals surface area contributed by atoms with E-state index in [0.29, 0.717) is 12.5 Å². The molecule has 1 saturated heterocycles. The number of hydrogen-bond donors (Lipinski definition) is 2. The van der Waals surface area contributed by atoms with Gasteiger partial charge in [0.25, 0.3) is 0 Å². The molecule has 1 aliphatic rings. The third-order valence-electron chi connectivity index (χ3n) is 5.47. The third-order valence-corrected chi connectivity index (χ3v) is 5.47. The Kier molecular flexibility index (Phi) is 6.51. The predicted octanol–water partition coefficient (Wildman–Crippen LogP) is 3.87. The lowest BCUT2D eigenvalue weighted by Crippen LogP contribution is -2.43. The molecule has 136 valence electrons. The number of rotatable bonds is 8. The number of H-pyrrole nitrogens is 1. The summed E-state index contributed by atoms with van der Waals surface area (Å²) in [7, 11) is 0. The first-order valence-corrected chi connectivity index (χ1v) is 9.83. The molecule has 1 fully saturated rings. The summed E-state index contributed by atoms with van der Waals surface area (Å²) >= 11 is 0. The number of nitrogens with one attached hydrogen (secondary N) is 2. The van der Waals surface area contributed by atoms with Crippen LogP contribution in [0.3, 0.4) is 0 Å². The molecule has 1 aromatic heterocycles. The van der Waals surface area contributed by atoms with Gasteiger partial charge < -0.3 is 10.3 Å². The summed E-state index contributed by atoms with van der Waals surface area (Å²) in [5.74, 6) is 0.185. The molecule has 3 rings (SSSR count). The molecule has 1 aromatic carbocycles. The van der Waals surface area contributed by atoms with Crippen molar-refractivity contribution in [3.05, 3.63) is 36.0 Å². The molecule has 2 aromatic rings. The van der Waals surface area contributed by atoms with Crippen molar-refractivity contribution < 1.29 is 4.79 Å². The van der Waals surface area contributed by atoms with E-state index in [9.17, 15) is 4.79 Å². The monoisotopic (exact) mass is 341 g/mol. The van der Waals surface area contributed by atoms with Crippen molar-refractivity contribution >= 4 is 16.8 Å². The molecule has 4 heteroatoms. The summed E-state index contributed by atoms with van der Waals surface area (Å²) in [6, 6.07) is 9.06. The number of amides is 1. The molecule has 1 amide bonds. The van der Waals surface area contributed by atoms with Crippen molar-refractivity contribution in [2.75, 3.05) is 19.6 Å². The minimum Gasteiger partial charge on any atom is -0.361 e. The second-order valence-corrected chi connectivity index (χ2v) is 7.16. The second kappa shape index (κ2) is 9.04. The summed E-state index contributed by atoms with van der Waals surface area (Å²) in [5, 5.41) is 4.38. The Hall–Kier alpha value is -1.81. The molecule has 0 spiro atoms. The zero-order valence-electron chi connectivity index (χ0n) is 15.4. The Morgan fingerprint density at radius 3 is 3.08 bits per heavy atom. The fourth-order valence-corrected chi connectivity index (χ4v) is 4.02. The number of hydrogen-bond acceptors (Lipinski definition) is 2. The molecule has 1 aliphatic heterocycles.